The third-order valence-corrected chi connectivity index (χ3v) is 3.04. The Labute approximate surface area is 122 Å². The van der Waals surface area contributed by atoms with E-state index in [4.69, 9.17) is 15.2 Å². The summed E-state index contributed by atoms with van der Waals surface area (Å²) in [6.45, 7) is 10.8. The highest BCUT2D eigenvalue weighted by atomic mass is 16.5. The SMILES string of the molecule is COc1cc(N)c(N(CC(C)C)CC(C)C)cc1OC. The second kappa shape index (κ2) is 7.27. The van der Waals surface area contributed by atoms with Crippen LogP contribution in [-0.2, 0) is 0 Å². The van der Waals surface area contributed by atoms with Crippen LogP contribution in [0, 0.1) is 11.8 Å². The van der Waals surface area contributed by atoms with Gasteiger partial charge < -0.3 is 20.1 Å². The first-order valence-corrected chi connectivity index (χ1v) is 7.15. The average Bonchev–Trinajstić information content (AvgIpc) is 2.36. The molecule has 4 nitrogen and oxygen atoms in total. The van der Waals surface area contributed by atoms with E-state index in [-0.39, 0.29) is 0 Å². The Bertz CT molecular complexity index is 421. The molecule has 0 spiro atoms. The van der Waals surface area contributed by atoms with E-state index in [0.29, 0.717) is 23.3 Å². The summed E-state index contributed by atoms with van der Waals surface area (Å²) in [6.07, 6.45) is 0. The number of hydrogen-bond donors (Lipinski definition) is 1. The Morgan fingerprint density at radius 3 is 1.80 bits per heavy atom. The lowest BCUT2D eigenvalue weighted by molar-refractivity contribution is 0.355. The minimum absolute atomic E-state index is 0.571. The smallest absolute Gasteiger partial charge is 0.162 e. The van der Waals surface area contributed by atoms with Crippen molar-refractivity contribution < 1.29 is 9.47 Å². The van der Waals surface area contributed by atoms with Crippen LogP contribution < -0.4 is 20.1 Å². The van der Waals surface area contributed by atoms with Gasteiger partial charge in [0.1, 0.15) is 0 Å². The summed E-state index contributed by atoms with van der Waals surface area (Å²) in [4.78, 5) is 2.33. The Morgan fingerprint density at radius 2 is 1.40 bits per heavy atom. The van der Waals surface area contributed by atoms with Crippen molar-refractivity contribution in [2.45, 2.75) is 27.7 Å². The van der Waals surface area contributed by atoms with Crippen molar-refractivity contribution in [2.75, 3.05) is 37.9 Å². The van der Waals surface area contributed by atoms with E-state index in [1.54, 1.807) is 14.2 Å². The molecule has 0 radical (unpaired) electrons. The zero-order valence-corrected chi connectivity index (χ0v) is 13.6. The van der Waals surface area contributed by atoms with E-state index in [1.807, 2.05) is 12.1 Å². The maximum absolute atomic E-state index is 6.20. The van der Waals surface area contributed by atoms with Gasteiger partial charge in [0.05, 0.1) is 25.6 Å². The Kier molecular flexibility index (Phi) is 5.99. The maximum Gasteiger partial charge on any atom is 0.162 e. The van der Waals surface area contributed by atoms with Gasteiger partial charge in [0.25, 0.3) is 0 Å². The van der Waals surface area contributed by atoms with Crippen molar-refractivity contribution in [3.63, 3.8) is 0 Å². The third kappa shape index (κ3) is 4.22. The van der Waals surface area contributed by atoms with Crippen LogP contribution in [0.4, 0.5) is 11.4 Å². The number of benzene rings is 1. The third-order valence-electron chi connectivity index (χ3n) is 3.04. The summed E-state index contributed by atoms with van der Waals surface area (Å²) < 4.78 is 10.7. The van der Waals surface area contributed by atoms with Crippen molar-refractivity contribution in [3.05, 3.63) is 12.1 Å². The second-order valence-corrected chi connectivity index (χ2v) is 5.96. The monoisotopic (exact) mass is 280 g/mol. The summed E-state index contributed by atoms with van der Waals surface area (Å²) in [6, 6.07) is 3.81. The molecular weight excluding hydrogens is 252 g/mol. The van der Waals surface area contributed by atoms with Gasteiger partial charge in [-0.05, 0) is 11.8 Å². The topological polar surface area (TPSA) is 47.7 Å². The molecule has 0 unspecified atom stereocenters. The zero-order chi connectivity index (χ0) is 15.3. The molecule has 0 aliphatic heterocycles. The van der Waals surface area contributed by atoms with Crippen molar-refractivity contribution in [1.29, 1.82) is 0 Å². The number of nitrogens with two attached hydrogens (primary N) is 1. The molecule has 0 bridgehead atoms. The average molecular weight is 280 g/mol. The number of methoxy groups -OCH3 is 2. The molecular formula is C16H28N2O2. The van der Waals surface area contributed by atoms with Crippen LogP contribution in [0.25, 0.3) is 0 Å². The predicted molar refractivity (Wildman–Crippen MR) is 85.8 cm³/mol. The molecule has 0 fully saturated rings. The van der Waals surface area contributed by atoms with E-state index in [9.17, 15) is 0 Å². The highest BCUT2D eigenvalue weighted by molar-refractivity contribution is 5.73. The summed E-state index contributed by atoms with van der Waals surface area (Å²) in [7, 11) is 3.27. The molecule has 2 N–H and O–H groups in total. The van der Waals surface area contributed by atoms with E-state index in [2.05, 4.69) is 32.6 Å². The van der Waals surface area contributed by atoms with Gasteiger partial charge in [-0.3, -0.25) is 0 Å². The molecule has 0 aromatic heterocycles. The number of ether oxygens (including phenoxy) is 2. The van der Waals surface area contributed by atoms with Crippen molar-refractivity contribution in [3.8, 4) is 11.5 Å². The first-order valence-electron chi connectivity index (χ1n) is 7.15. The highest BCUT2D eigenvalue weighted by Gasteiger charge is 2.16. The van der Waals surface area contributed by atoms with Crippen LogP contribution >= 0.6 is 0 Å². The molecule has 0 aliphatic carbocycles. The first-order chi connectivity index (χ1) is 9.38. The molecule has 0 atom stereocenters. The van der Waals surface area contributed by atoms with E-state index >= 15 is 0 Å². The molecule has 114 valence electrons. The number of anilines is 2. The van der Waals surface area contributed by atoms with Crippen LogP contribution in [0.5, 0.6) is 11.5 Å². The minimum atomic E-state index is 0.571. The molecule has 0 saturated carbocycles. The molecule has 20 heavy (non-hydrogen) atoms. The van der Waals surface area contributed by atoms with Gasteiger partial charge >= 0.3 is 0 Å². The molecule has 4 heteroatoms. The first kappa shape index (κ1) is 16.5. The summed E-state index contributed by atoms with van der Waals surface area (Å²) >= 11 is 0. The molecule has 1 aromatic rings. The van der Waals surface area contributed by atoms with Crippen molar-refractivity contribution in [2.24, 2.45) is 11.8 Å². The molecule has 1 aromatic carbocycles. The number of nitrogen functional groups attached to an aromatic ring is 1. The lowest BCUT2D eigenvalue weighted by Gasteiger charge is -2.30. The van der Waals surface area contributed by atoms with Crippen LogP contribution in [-0.4, -0.2) is 27.3 Å². The number of rotatable bonds is 7. The van der Waals surface area contributed by atoms with Gasteiger partial charge in [-0.2, -0.15) is 0 Å². The lowest BCUT2D eigenvalue weighted by Crippen LogP contribution is -2.31. The number of hydrogen-bond acceptors (Lipinski definition) is 4. The molecule has 0 heterocycles. The summed E-state index contributed by atoms with van der Waals surface area (Å²) in [5.74, 6) is 2.53. The maximum atomic E-state index is 6.20. The van der Waals surface area contributed by atoms with Gasteiger partial charge in [0.15, 0.2) is 11.5 Å². The van der Waals surface area contributed by atoms with Gasteiger partial charge in [-0.25, -0.2) is 0 Å². The fourth-order valence-corrected chi connectivity index (χ4v) is 2.31. The minimum Gasteiger partial charge on any atom is -0.493 e. The summed E-state index contributed by atoms with van der Waals surface area (Å²) in [5.41, 5.74) is 7.94. The largest absolute Gasteiger partial charge is 0.493 e. The quantitative estimate of drug-likeness (QED) is 0.778. The molecule has 0 aliphatic rings. The fraction of sp³-hybridized carbons (Fsp3) is 0.625. The van der Waals surface area contributed by atoms with E-state index in [1.165, 1.54) is 0 Å². The van der Waals surface area contributed by atoms with Crippen molar-refractivity contribution in [1.82, 2.24) is 0 Å². The van der Waals surface area contributed by atoms with Gasteiger partial charge in [0.2, 0.25) is 0 Å². The fourth-order valence-electron chi connectivity index (χ4n) is 2.31. The van der Waals surface area contributed by atoms with Crippen LogP contribution in [0.15, 0.2) is 12.1 Å². The molecule has 0 amide bonds. The van der Waals surface area contributed by atoms with Gasteiger partial charge in [0, 0.05) is 25.2 Å². The number of nitrogens with zero attached hydrogens (tertiary/aromatic N) is 1. The highest BCUT2D eigenvalue weighted by Crippen LogP contribution is 2.37. The Hall–Kier alpha value is -1.58. The summed E-state index contributed by atoms with van der Waals surface area (Å²) in [5, 5.41) is 0. The molecule has 1 rings (SSSR count). The van der Waals surface area contributed by atoms with Gasteiger partial charge in [-0.15, -0.1) is 0 Å². The van der Waals surface area contributed by atoms with Crippen LogP contribution in [0.2, 0.25) is 0 Å². The van der Waals surface area contributed by atoms with E-state index in [0.717, 1.165) is 24.5 Å². The second-order valence-electron chi connectivity index (χ2n) is 5.96. The normalized spacial score (nSPS) is 11.0. The van der Waals surface area contributed by atoms with Gasteiger partial charge in [-0.1, -0.05) is 27.7 Å². The lowest BCUT2D eigenvalue weighted by atomic mass is 10.1. The van der Waals surface area contributed by atoms with Crippen molar-refractivity contribution >= 4 is 11.4 Å². The Morgan fingerprint density at radius 1 is 0.950 bits per heavy atom. The van der Waals surface area contributed by atoms with Crippen LogP contribution in [0.1, 0.15) is 27.7 Å². The molecule has 0 saturated heterocycles. The van der Waals surface area contributed by atoms with Crippen LogP contribution in [0.3, 0.4) is 0 Å². The predicted octanol–water partition coefficient (Wildman–Crippen LogP) is 3.40. The van der Waals surface area contributed by atoms with E-state index < -0.39 is 0 Å². The Balaban J connectivity index is 3.17. The zero-order valence-electron chi connectivity index (χ0n) is 13.6. The standard InChI is InChI=1S/C16H28N2O2/c1-11(2)9-18(10-12(3)4)14-8-16(20-6)15(19-5)7-13(14)17/h7-8,11-12H,9-10,17H2,1-6H3.